The number of hydrogen-bond acceptors (Lipinski definition) is 4. The first kappa shape index (κ1) is 20.9. The molecule has 0 radical (unpaired) electrons. The number of nitrogens with zero attached hydrogens (tertiary/aromatic N) is 1. The van der Waals surface area contributed by atoms with Crippen LogP contribution in [0.4, 0.5) is 0 Å². The van der Waals surface area contributed by atoms with Gasteiger partial charge in [-0.15, -0.1) is 0 Å². The molecule has 1 heterocycles. The Balaban J connectivity index is 2.19. The first-order valence-corrected chi connectivity index (χ1v) is 10.8. The molecule has 1 fully saturated rings. The quantitative estimate of drug-likeness (QED) is 0.759. The number of sulfonamides is 1. The number of piperidine rings is 1. The Morgan fingerprint density at radius 2 is 1.85 bits per heavy atom. The Bertz CT molecular complexity index is 736. The first-order chi connectivity index (χ1) is 12.2. The van der Waals surface area contributed by atoms with Crippen LogP contribution in [0.25, 0.3) is 0 Å². The summed E-state index contributed by atoms with van der Waals surface area (Å²) in [5, 5.41) is 6.32. The van der Waals surface area contributed by atoms with Crippen LogP contribution in [-0.4, -0.2) is 51.4 Å². The molecule has 0 spiro atoms. The van der Waals surface area contributed by atoms with Crippen LogP contribution in [0.2, 0.25) is 0 Å². The molecule has 146 valence electrons. The fraction of sp³-hybridized carbons (Fsp3) is 0.632. The second-order valence-corrected chi connectivity index (χ2v) is 9.22. The Kier molecular flexibility index (Phi) is 6.82. The highest BCUT2D eigenvalue weighted by molar-refractivity contribution is 7.89. The van der Waals surface area contributed by atoms with Crippen LogP contribution in [0.5, 0.6) is 0 Å². The molecule has 0 bridgehead atoms. The van der Waals surface area contributed by atoms with Crippen molar-refractivity contribution in [2.45, 2.75) is 45.4 Å². The van der Waals surface area contributed by atoms with Crippen molar-refractivity contribution in [3.8, 4) is 0 Å². The zero-order valence-corrected chi connectivity index (χ0v) is 17.1. The van der Waals surface area contributed by atoms with Gasteiger partial charge in [-0.2, -0.15) is 4.31 Å². The minimum Gasteiger partial charge on any atom is -0.351 e. The number of nitrogens with one attached hydrogen (secondary N) is 2. The van der Waals surface area contributed by atoms with Gasteiger partial charge in [0.15, 0.2) is 0 Å². The van der Waals surface area contributed by atoms with Gasteiger partial charge >= 0.3 is 0 Å². The number of hydrogen-bond donors (Lipinski definition) is 2. The molecule has 1 saturated heterocycles. The van der Waals surface area contributed by atoms with E-state index in [0.717, 1.165) is 25.9 Å². The van der Waals surface area contributed by atoms with Crippen LogP contribution < -0.4 is 10.6 Å². The van der Waals surface area contributed by atoms with Crippen molar-refractivity contribution in [3.63, 3.8) is 0 Å². The Morgan fingerprint density at radius 1 is 1.23 bits per heavy atom. The van der Waals surface area contributed by atoms with Gasteiger partial charge in [-0.3, -0.25) is 4.79 Å². The molecule has 0 atom stereocenters. The molecule has 2 N–H and O–H groups in total. The monoisotopic (exact) mass is 381 g/mol. The average Bonchev–Trinajstić information content (AvgIpc) is 2.61. The summed E-state index contributed by atoms with van der Waals surface area (Å²) in [6, 6.07) is 4.90. The van der Waals surface area contributed by atoms with Crippen LogP contribution >= 0.6 is 0 Å². The minimum atomic E-state index is -3.59. The molecule has 1 amide bonds. The Labute approximate surface area is 157 Å². The third-order valence-corrected chi connectivity index (χ3v) is 7.45. The zero-order valence-electron chi connectivity index (χ0n) is 16.3. The summed E-state index contributed by atoms with van der Waals surface area (Å²) in [5.41, 5.74) is 1.12. The van der Waals surface area contributed by atoms with Gasteiger partial charge in [0, 0.05) is 25.2 Å². The maximum absolute atomic E-state index is 12.8. The lowest BCUT2D eigenvalue weighted by molar-refractivity contribution is 0.0922. The minimum absolute atomic E-state index is 0.0851. The van der Waals surface area contributed by atoms with Gasteiger partial charge < -0.3 is 10.6 Å². The third kappa shape index (κ3) is 4.64. The second kappa shape index (κ2) is 8.50. The predicted octanol–water partition coefficient (Wildman–Crippen LogP) is 2.15. The molecule has 1 aromatic carbocycles. The Morgan fingerprint density at radius 3 is 2.42 bits per heavy atom. The van der Waals surface area contributed by atoms with E-state index in [1.54, 1.807) is 19.1 Å². The van der Waals surface area contributed by atoms with Crippen LogP contribution in [0.1, 0.15) is 49.5 Å². The van der Waals surface area contributed by atoms with Gasteiger partial charge in [0.25, 0.3) is 5.91 Å². The lowest BCUT2D eigenvalue weighted by Crippen LogP contribution is -2.42. The summed E-state index contributed by atoms with van der Waals surface area (Å²) in [5.74, 6) is -0.222. The average molecular weight is 382 g/mol. The molecule has 26 heavy (non-hydrogen) atoms. The van der Waals surface area contributed by atoms with E-state index >= 15 is 0 Å². The van der Waals surface area contributed by atoms with Gasteiger partial charge in [-0.1, -0.05) is 26.8 Å². The van der Waals surface area contributed by atoms with Crippen molar-refractivity contribution in [3.05, 3.63) is 29.3 Å². The highest BCUT2D eigenvalue weighted by atomic mass is 32.2. The highest BCUT2D eigenvalue weighted by Gasteiger charge is 2.28. The molecule has 6 nitrogen and oxygen atoms in total. The summed E-state index contributed by atoms with van der Waals surface area (Å²) in [7, 11) is -3.59. The topological polar surface area (TPSA) is 78.5 Å². The maximum atomic E-state index is 12.8. The summed E-state index contributed by atoms with van der Waals surface area (Å²) in [6.07, 6.45) is 2.03. The van der Waals surface area contributed by atoms with E-state index in [0.29, 0.717) is 30.8 Å². The maximum Gasteiger partial charge on any atom is 0.251 e. The first-order valence-electron chi connectivity index (χ1n) is 9.33. The fourth-order valence-electron chi connectivity index (χ4n) is 3.32. The number of carbonyl (C=O) groups excluding carboxylic acids is 1. The summed E-state index contributed by atoms with van der Waals surface area (Å²) < 4.78 is 27.1. The van der Waals surface area contributed by atoms with E-state index in [1.165, 1.54) is 10.4 Å². The fourth-order valence-corrected chi connectivity index (χ4v) is 5.03. The van der Waals surface area contributed by atoms with Gasteiger partial charge in [-0.25, -0.2) is 8.42 Å². The standard InChI is InChI=1S/C19H31N3O3S/c1-5-22(6-2)26(24,25)17-13-16(8-7-15(17)3)18(23)21-14-19(4)9-11-20-12-10-19/h7-8,13,20H,5-6,9-12,14H2,1-4H3,(H,21,23). The van der Waals surface area contributed by atoms with Gasteiger partial charge in [0.05, 0.1) is 4.90 Å². The highest BCUT2D eigenvalue weighted by Crippen LogP contribution is 2.27. The van der Waals surface area contributed by atoms with Crippen molar-refractivity contribution in [2.24, 2.45) is 5.41 Å². The summed E-state index contributed by atoms with van der Waals surface area (Å²) >= 11 is 0. The van der Waals surface area contributed by atoms with E-state index in [2.05, 4.69) is 17.6 Å². The van der Waals surface area contributed by atoms with Gasteiger partial charge in [-0.05, 0) is 56.0 Å². The second-order valence-electron chi connectivity index (χ2n) is 7.31. The Hall–Kier alpha value is -1.44. The number of aryl methyl sites for hydroxylation is 1. The number of rotatable bonds is 7. The van der Waals surface area contributed by atoms with Crippen molar-refractivity contribution >= 4 is 15.9 Å². The van der Waals surface area contributed by atoms with Crippen LogP contribution in [0.15, 0.2) is 23.1 Å². The van der Waals surface area contributed by atoms with Crippen LogP contribution in [0, 0.1) is 12.3 Å². The van der Waals surface area contributed by atoms with Gasteiger partial charge in [0.2, 0.25) is 10.0 Å². The van der Waals surface area contributed by atoms with Crippen molar-refractivity contribution in [1.29, 1.82) is 0 Å². The SMILES string of the molecule is CCN(CC)S(=O)(=O)c1cc(C(=O)NCC2(C)CCNCC2)ccc1C. The van der Waals surface area contributed by atoms with Crippen molar-refractivity contribution in [1.82, 2.24) is 14.9 Å². The predicted molar refractivity (Wildman–Crippen MR) is 104 cm³/mol. The molecule has 1 aromatic rings. The smallest absolute Gasteiger partial charge is 0.251 e. The molecule has 0 unspecified atom stereocenters. The van der Waals surface area contributed by atoms with E-state index in [1.807, 2.05) is 13.8 Å². The van der Waals surface area contributed by atoms with E-state index in [4.69, 9.17) is 0 Å². The summed E-state index contributed by atoms with van der Waals surface area (Å²) in [6.45, 7) is 10.9. The largest absolute Gasteiger partial charge is 0.351 e. The molecular weight excluding hydrogens is 350 g/mol. The van der Waals surface area contributed by atoms with Crippen molar-refractivity contribution < 1.29 is 13.2 Å². The molecule has 7 heteroatoms. The molecule has 0 saturated carbocycles. The number of carbonyl (C=O) groups is 1. The van der Waals surface area contributed by atoms with E-state index in [-0.39, 0.29) is 16.2 Å². The molecule has 1 aliphatic rings. The van der Waals surface area contributed by atoms with Crippen LogP contribution in [0.3, 0.4) is 0 Å². The van der Waals surface area contributed by atoms with Crippen molar-refractivity contribution in [2.75, 3.05) is 32.7 Å². The third-order valence-electron chi connectivity index (χ3n) is 5.26. The lowest BCUT2D eigenvalue weighted by atomic mass is 9.81. The zero-order chi connectivity index (χ0) is 19.4. The normalized spacial score (nSPS) is 17.3. The number of benzene rings is 1. The van der Waals surface area contributed by atoms with Gasteiger partial charge in [0.1, 0.15) is 0 Å². The molecule has 2 rings (SSSR count). The molecular formula is C19H31N3O3S. The summed E-state index contributed by atoms with van der Waals surface area (Å²) in [4.78, 5) is 12.8. The van der Waals surface area contributed by atoms with Crippen LogP contribution in [-0.2, 0) is 10.0 Å². The molecule has 0 aliphatic carbocycles. The lowest BCUT2D eigenvalue weighted by Gasteiger charge is -2.34. The molecule has 0 aromatic heterocycles. The number of amides is 1. The van der Waals surface area contributed by atoms with E-state index < -0.39 is 10.0 Å². The molecule has 1 aliphatic heterocycles. The van der Waals surface area contributed by atoms with E-state index in [9.17, 15) is 13.2 Å².